The summed E-state index contributed by atoms with van der Waals surface area (Å²) in [5.74, 6) is -3.94. The second kappa shape index (κ2) is 39.8. The highest BCUT2D eigenvalue weighted by molar-refractivity contribution is 5.80. The van der Waals surface area contributed by atoms with E-state index in [1.807, 2.05) is 61.6 Å². The summed E-state index contributed by atoms with van der Waals surface area (Å²) in [5, 5.41) is 14.9. The van der Waals surface area contributed by atoms with Crippen molar-refractivity contribution in [1.82, 2.24) is 60.0 Å². The summed E-state index contributed by atoms with van der Waals surface area (Å²) in [6.45, 7) is 43.4. The number of rotatable bonds is 20. The number of nitrogens with one attached hydrogen (secondary N) is 5. The molecular weight excluding hydrogens is 1690 g/mol. The van der Waals surface area contributed by atoms with Crippen LogP contribution in [0.25, 0.3) is 38.8 Å². The highest BCUT2D eigenvalue weighted by Gasteiger charge is 2.30. The van der Waals surface area contributed by atoms with E-state index in [9.17, 15) is 26.3 Å². The molecule has 8 heterocycles. The number of anilines is 11. The van der Waals surface area contributed by atoms with Gasteiger partial charge in [0.05, 0.1) is 36.8 Å². The van der Waals surface area contributed by atoms with Crippen LogP contribution < -0.4 is 60.2 Å². The molecule has 131 heavy (non-hydrogen) atoms. The number of hydrogen-bond donors (Lipinski definition) is 5. The molecule has 5 N–H and O–H groups in total. The predicted octanol–water partition coefficient (Wildman–Crippen LogP) is 21.4. The van der Waals surface area contributed by atoms with Crippen LogP contribution >= 0.6 is 0 Å². The van der Waals surface area contributed by atoms with E-state index >= 15 is 8.78 Å². The fourth-order valence-corrected chi connectivity index (χ4v) is 16.0. The zero-order valence-electron chi connectivity index (χ0n) is 72.0. The highest BCUT2D eigenvalue weighted by Crippen LogP contribution is 2.46. The van der Waals surface area contributed by atoms with E-state index in [1.165, 1.54) is 61.4 Å². The molecule has 0 saturated carbocycles. The van der Waals surface area contributed by atoms with E-state index in [4.69, 9.17) is 38.7 Å². The van der Waals surface area contributed by atoms with E-state index in [2.05, 4.69) is 103 Å². The summed E-state index contributed by atoms with van der Waals surface area (Å²) >= 11 is 0. The number of likely N-dealkylation sites (N-methyl/N-ethyl adjacent to an activating group) is 2. The first-order valence-corrected chi connectivity index (χ1v) is 42.1. The van der Waals surface area contributed by atoms with E-state index in [1.54, 1.807) is 97.2 Å². The Labute approximate surface area is 750 Å². The summed E-state index contributed by atoms with van der Waals surface area (Å²) < 4.78 is 142. The van der Waals surface area contributed by atoms with Crippen LogP contribution in [0.5, 0.6) is 46.5 Å². The maximum atomic E-state index is 15.0. The van der Waals surface area contributed by atoms with Gasteiger partial charge in [0, 0.05) is 124 Å². The normalized spacial score (nSPS) is 14.7. The molecule has 12 aromatic rings. The van der Waals surface area contributed by atoms with E-state index in [0.29, 0.717) is 87.9 Å². The Morgan fingerprint density at radius 3 is 1.04 bits per heavy atom. The fourth-order valence-electron chi connectivity index (χ4n) is 16.0. The summed E-state index contributed by atoms with van der Waals surface area (Å²) in [6, 6.07) is 32.9. The average Bonchev–Trinajstić information content (AvgIpc) is 1.69. The van der Waals surface area contributed by atoms with Crippen LogP contribution in [0.2, 0.25) is 0 Å². The molecule has 664 valence electrons. The molecule has 0 amide bonds. The van der Waals surface area contributed by atoms with Crippen molar-refractivity contribution in [3.63, 3.8) is 0 Å². The maximum Gasteiger partial charge on any atom is 0.288 e. The summed E-state index contributed by atoms with van der Waals surface area (Å²) in [4.78, 5) is 57.2. The van der Waals surface area contributed by atoms with Gasteiger partial charge in [0.25, 0.3) is 22.9 Å². The van der Waals surface area contributed by atoms with Gasteiger partial charge in [-0.05, 0) is 180 Å². The largest absolute Gasteiger partial charge is 0.446 e. The quantitative estimate of drug-likeness (QED) is 0.0352. The molecule has 3 aliphatic heterocycles. The number of aromatic nitrogens is 9. The number of fused-ring (bicyclic) bond motifs is 4. The second-order valence-electron chi connectivity index (χ2n) is 31.8. The van der Waals surface area contributed by atoms with Crippen molar-refractivity contribution >= 4 is 105 Å². The number of ether oxygens (including phenoxy) is 4. The number of pyridine rings is 1. The van der Waals surface area contributed by atoms with E-state index in [-0.39, 0.29) is 104 Å². The Bertz CT molecular complexity index is 6640. The number of benzene rings is 7. The van der Waals surface area contributed by atoms with Crippen LogP contribution in [0.15, 0.2) is 175 Å². The minimum absolute atomic E-state index is 0.0205. The van der Waals surface area contributed by atoms with Gasteiger partial charge in [0.15, 0.2) is 52.1 Å². The fraction of sp³-hybridized carbons (Fsp3) is 0.237. The molecular formula is C97H86F8N22O4. The minimum Gasteiger partial charge on any atom is -0.446 e. The third-order valence-electron chi connectivity index (χ3n) is 22.7. The summed E-state index contributed by atoms with van der Waals surface area (Å²) in [7, 11) is 2.05. The molecule has 3 saturated heterocycles. The molecule has 3 fully saturated rings. The van der Waals surface area contributed by atoms with Crippen LogP contribution in [0.4, 0.5) is 115 Å². The Hall–Kier alpha value is -15.4. The van der Waals surface area contributed by atoms with Gasteiger partial charge in [0.2, 0.25) is 23.5 Å². The molecule has 7 aliphatic rings. The SMILES string of the molecule is CC1=Cc2c(ccc(Oc3ncnc(Nc4ccccn4)c3F)c2F)C1.[C-]#[N+]c1c(Nc2ccc(N3CCN(C)CC3)c(F)c2)ncnc1Oc1ccc2c(c1F)C=C(C)C2.[C-]#[N+]c1c(Nc2ccc(N3CCN(CC)CC3)c(F)c2)ncnc1Oc1ccc2c(c1F)C=C(C)C2.[C-]#[N+]c1c(Nc2ccc(N3CCNCC3)c(F)c2)ncnc1Oc1ccc2c(c1F)C=C(C)C2. The minimum atomic E-state index is -0.829. The molecule has 4 aliphatic carbocycles. The van der Waals surface area contributed by atoms with Crippen LogP contribution in [0.1, 0.15) is 79.1 Å². The Morgan fingerprint density at radius 2 is 0.702 bits per heavy atom. The third-order valence-corrected chi connectivity index (χ3v) is 22.7. The number of piperazine rings is 3. The van der Waals surface area contributed by atoms with Crippen molar-refractivity contribution in [2.24, 2.45) is 0 Å². The van der Waals surface area contributed by atoms with Gasteiger partial charge < -0.3 is 70.0 Å². The number of hydrogen-bond acceptors (Lipinski definition) is 23. The zero-order chi connectivity index (χ0) is 91.5. The van der Waals surface area contributed by atoms with Crippen molar-refractivity contribution in [2.75, 3.05) is 128 Å². The number of allylic oxidation sites excluding steroid dienone is 4. The number of nitrogens with zero attached hydrogens (tertiary/aromatic N) is 17. The molecule has 0 radical (unpaired) electrons. The lowest BCUT2D eigenvalue weighted by molar-refractivity contribution is 0.270. The Morgan fingerprint density at radius 1 is 0.366 bits per heavy atom. The topological polar surface area (TPSA) is 242 Å². The van der Waals surface area contributed by atoms with Gasteiger partial charge in [-0.15, -0.1) is 0 Å². The lowest BCUT2D eigenvalue weighted by Gasteiger charge is -2.35. The Kier molecular flexibility index (Phi) is 27.1. The maximum absolute atomic E-state index is 15.0. The van der Waals surface area contributed by atoms with Crippen LogP contribution in [-0.2, 0) is 25.7 Å². The van der Waals surface area contributed by atoms with E-state index < -0.39 is 29.1 Å². The summed E-state index contributed by atoms with van der Waals surface area (Å²) in [5.41, 5.74) is 12.6. The van der Waals surface area contributed by atoms with Gasteiger partial charge in [-0.3, -0.25) is 0 Å². The molecule has 0 spiro atoms. The van der Waals surface area contributed by atoms with Gasteiger partial charge in [-0.2, -0.15) is 9.37 Å². The van der Waals surface area contributed by atoms with Crippen molar-refractivity contribution < 1.29 is 54.1 Å². The second-order valence-corrected chi connectivity index (χ2v) is 31.8. The predicted molar refractivity (Wildman–Crippen MR) is 488 cm³/mol. The standard InChI is InChI=1S/C27H26F2N6O.C26H24F2N6O.C25H22F2N6O.C19H14F2N4O/c1-4-34-9-11-35(12-10-34)22-7-6-19(15-21(22)28)33-26-25(30-3)27(32-16-31-26)36-23-8-5-18-13-17(2)14-20(18)24(23)29;1-16-12-17-4-7-22(23(28)19(17)13-16)35-26-24(29-2)25(30-15-31-26)32-18-5-6-21(20(27)14-18)34-10-8-33(3)9-11-34;1-15-11-16-3-6-21(22(27)18(16)12-15)34-25-23(28-2)24(30-14-31-25)32-17-4-5-20(19(26)13-17)33-9-7-29-8-10-33;1-11-8-12-5-6-14(16(20)13(12)9-11)26-19-17(21)18(23-10-24-19)25-15-4-2-3-7-22-15/h5-8,14-16H,4,9-13H2,1-2H3,(H,31,32,33);4-7,13-15H,8-12H2,1,3H3,(H,30,31,32);3-6,12-14,29H,7-11H2,1H3,(H,30,31,32);2-7,9-10H,8H2,1H3,(H,22,23,24,25). The van der Waals surface area contributed by atoms with Crippen molar-refractivity contribution in [2.45, 2.75) is 60.3 Å². The van der Waals surface area contributed by atoms with Crippen LogP contribution in [0, 0.1) is 66.3 Å². The molecule has 34 heteroatoms. The monoisotopic (exact) mass is 1770 g/mol. The molecule has 5 aromatic heterocycles. The average molecular weight is 1780 g/mol. The molecule has 7 aromatic carbocycles. The van der Waals surface area contributed by atoms with Gasteiger partial charge in [-0.1, -0.05) is 83.9 Å². The smallest absolute Gasteiger partial charge is 0.288 e. The first kappa shape index (κ1) is 89.0. The van der Waals surface area contributed by atoms with Crippen molar-refractivity contribution in [3.05, 3.63) is 300 Å². The zero-order valence-corrected chi connectivity index (χ0v) is 72.0. The van der Waals surface area contributed by atoms with Crippen LogP contribution in [-0.4, -0.2) is 147 Å². The first-order valence-electron chi connectivity index (χ1n) is 42.1. The first-order chi connectivity index (χ1) is 63.5. The van der Waals surface area contributed by atoms with Gasteiger partial charge >= 0.3 is 0 Å². The highest BCUT2D eigenvalue weighted by atomic mass is 19.2. The third kappa shape index (κ3) is 20.3. The molecule has 0 bridgehead atoms. The molecule has 0 unspecified atom stereocenters. The lowest BCUT2D eigenvalue weighted by Crippen LogP contribution is -2.46. The lowest BCUT2D eigenvalue weighted by atomic mass is 10.1. The Balaban J connectivity index is 0.000000128. The van der Waals surface area contributed by atoms with Gasteiger partial charge in [0.1, 0.15) is 66.0 Å². The van der Waals surface area contributed by atoms with Crippen LogP contribution in [0.3, 0.4) is 0 Å². The van der Waals surface area contributed by atoms with Crippen molar-refractivity contribution in [3.8, 4) is 46.5 Å². The summed E-state index contributed by atoms with van der Waals surface area (Å²) in [6.07, 6.45) is 16.3. The molecule has 19 rings (SSSR count). The number of halogens is 8. The van der Waals surface area contributed by atoms with E-state index in [0.717, 1.165) is 136 Å². The van der Waals surface area contributed by atoms with Gasteiger partial charge in [-0.25, -0.2) is 85.1 Å². The molecule has 0 atom stereocenters. The molecule has 26 nitrogen and oxygen atoms in total. The van der Waals surface area contributed by atoms with Crippen molar-refractivity contribution in [1.29, 1.82) is 0 Å².